The molecule has 0 aliphatic carbocycles. The Balaban J connectivity index is 1.82. The Morgan fingerprint density at radius 2 is 1.92 bits per heavy atom. The molecule has 1 N–H and O–H groups in total. The molecule has 0 saturated heterocycles. The molecule has 5 heteroatoms. The molecule has 0 radical (unpaired) electrons. The maximum Gasteiger partial charge on any atom is 0.244 e. The summed E-state index contributed by atoms with van der Waals surface area (Å²) in [5.74, 6) is 0.300. The highest BCUT2D eigenvalue weighted by Crippen LogP contribution is 2.41. The average Bonchev–Trinajstić information content (AvgIpc) is 2.78. The summed E-state index contributed by atoms with van der Waals surface area (Å²) < 4.78 is 5.54. The highest BCUT2D eigenvalue weighted by molar-refractivity contribution is 6.11. The molecule has 2 amide bonds. The molecule has 0 atom stereocenters. The molecule has 0 unspecified atom stereocenters. The van der Waals surface area contributed by atoms with Crippen molar-refractivity contribution in [2.75, 3.05) is 23.4 Å². The Labute approximate surface area is 154 Å². The van der Waals surface area contributed by atoms with Crippen molar-refractivity contribution in [3.05, 3.63) is 53.6 Å². The minimum absolute atomic E-state index is 0.0290. The van der Waals surface area contributed by atoms with Crippen LogP contribution in [0, 0.1) is 6.92 Å². The summed E-state index contributed by atoms with van der Waals surface area (Å²) in [7, 11) is 0. The number of ether oxygens (including phenoxy) is 1. The third-order valence-electron chi connectivity index (χ3n) is 4.66. The second-order valence-electron chi connectivity index (χ2n) is 7.01. The monoisotopic (exact) mass is 352 g/mol. The van der Waals surface area contributed by atoms with Crippen LogP contribution in [0.4, 0.5) is 11.4 Å². The first-order chi connectivity index (χ1) is 12.3. The number of aryl methyl sites for hydroxylation is 1. The van der Waals surface area contributed by atoms with E-state index in [0.717, 1.165) is 16.8 Å². The number of hydrogen-bond donors (Lipinski definition) is 1. The number of hydrogen-bond acceptors (Lipinski definition) is 3. The second-order valence-corrected chi connectivity index (χ2v) is 7.01. The van der Waals surface area contributed by atoms with Crippen molar-refractivity contribution < 1.29 is 14.3 Å². The quantitative estimate of drug-likeness (QED) is 0.893. The van der Waals surface area contributed by atoms with Gasteiger partial charge in [-0.2, -0.15) is 0 Å². The van der Waals surface area contributed by atoms with Gasteiger partial charge in [0.2, 0.25) is 11.8 Å². The van der Waals surface area contributed by atoms with Gasteiger partial charge >= 0.3 is 0 Å². The number of carbonyl (C=O) groups is 2. The van der Waals surface area contributed by atoms with Crippen LogP contribution in [0.15, 0.2) is 42.5 Å². The van der Waals surface area contributed by atoms with Gasteiger partial charge in [-0.15, -0.1) is 0 Å². The maximum atomic E-state index is 12.9. The Hall–Kier alpha value is -2.82. The standard InChI is InChI=1S/C21H24N2O3/c1-5-26-18-9-7-6-8-16(18)22-19(24)13-23-17-11-10-14(2)12-15(17)21(3,4)20(23)25/h6-12H,5,13H2,1-4H3,(H,22,24). The molecule has 5 nitrogen and oxygen atoms in total. The first-order valence-electron chi connectivity index (χ1n) is 8.79. The molecule has 1 aliphatic rings. The van der Waals surface area contributed by atoms with Crippen LogP contribution in [0.2, 0.25) is 0 Å². The lowest BCUT2D eigenvalue weighted by molar-refractivity contribution is -0.124. The van der Waals surface area contributed by atoms with E-state index in [-0.39, 0.29) is 18.4 Å². The summed E-state index contributed by atoms with van der Waals surface area (Å²) in [5, 5.41) is 2.85. The molecule has 3 rings (SSSR count). The third-order valence-corrected chi connectivity index (χ3v) is 4.66. The first kappa shape index (κ1) is 18.0. The second kappa shape index (κ2) is 6.83. The zero-order valence-corrected chi connectivity index (χ0v) is 15.6. The van der Waals surface area contributed by atoms with E-state index in [4.69, 9.17) is 4.74 Å². The van der Waals surface area contributed by atoms with E-state index >= 15 is 0 Å². The molecule has 0 spiro atoms. The van der Waals surface area contributed by atoms with Crippen molar-refractivity contribution in [2.24, 2.45) is 0 Å². The number of rotatable bonds is 5. The number of benzene rings is 2. The van der Waals surface area contributed by atoms with E-state index in [1.807, 2.05) is 58.0 Å². The van der Waals surface area contributed by atoms with E-state index in [0.29, 0.717) is 18.0 Å². The van der Waals surface area contributed by atoms with Crippen molar-refractivity contribution in [2.45, 2.75) is 33.1 Å². The van der Waals surface area contributed by atoms with Gasteiger partial charge in [-0.05, 0) is 51.5 Å². The molecule has 136 valence electrons. The number of para-hydroxylation sites is 2. The van der Waals surface area contributed by atoms with Gasteiger partial charge in [0.15, 0.2) is 0 Å². The highest BCUT2D eigenvalue weighted by atomic mass is 16.5. The van der Waals surface area contributed by atoms with Gasteiger partial charge < -0.3 is 15.0 Å². The Morgan fingerprint density at radius 1 is 1.19 bits per heavy atom. The molecule has 26 heavy (non-hydrogen) atoms. The fourth-order valence-corrected chi connectivity index (χ4v) is 3.29. The molecule has 0 fully saturated rings. The molecule has 0 bridgehead atoms. The maximum absolute atomic E-state index is 12.9. The minimum atomic E-state index is -0.634. The summed E-state index contributed by atoms with van der Waals surface area (Å²) in [6, 6.07) is 13.2. The van der Waals surface area contributed by atoms with E-state index < -0.39 is 5.41 Å². The predicted molar refractivity (Wildman–Crippen MR) is 103 cm³/mol. The smallest absolute Gasteiger partial charge is 0.244 e. The van der Waals surface area contributed by atoms with Crippen LogP contribution in [0.1, 0.15) is 31.9 Å². The zero-order chi connectivity index (χ0) is 18.9. The zero-order valence-electron chi connectivity index (χ0n) is 15.6. The fraction of sp³-hybridized carbons (Fsp3) is 0.333. The lowest BCUT2D eigenvalue weighted by Gasteiger charge is -2.20. The lowest BCUT2D eigenvalue weighted by Crippen LogP contribution is -2.40. The molecular weight excluding hydrogens is 328 g/mol. The summed E-state index contributed by atoms with van der Waals surface area (Å²) >= 11 is 0. The van der Waals surface area contributed by atoms with Gasteiger partial charge in [-0.1, -0.05) is 29.8 Å². The van der Waals surface area contributed by atoms with Gasteiger partial charge in [0.25, 0.3) is 0 Å². The molecule has 2 aromatic rings. The van der Waals surface area contributed by atoms with Crippen molar-refractivity contribution in [1.82, 2.24) is 0 Å². The lowest BCUT2D eigenvalue weighted by atomic mass is 9.85. The number of carbonyl (C=O) groups excluding carboxylic acids is 2. The van der Waals surface area contributed by atoms with Crippen LogP contribution in [0.3, 0.4) is 0 Å². The van der Waals surface area contributed by atoms with E-state index in [2.05, 4.69) is 5.32 Å². The molecular formula is C21H24N2O3. The highest BCUT2D eigenvalue weighted by Gasteiger charge is 2.44. The summed E-state index contributed by atoms with van der Waals surface area (Å²) in [5.41, 5.74) is 2.84. The number of amides is 2. The number of fused-ring (bicyclic) bond motifs is 1. The normalized spacial score (nSPS) is 14.9. The van der Waals surface area contributed by atoms with Gasteiger partial charge in [-0.3, -0.25) is 9.59 Å². The number of nitrogens with one attached hydrogen (secondary N) is 1. The number of anilines is 2. The summed E-state index contributed by atoms with van der Waals surface area (Å²) in [6.45, 7) is 8.17. The Morgan fingerprint density at radius 3 is 2.65 bits per heavy atom. The molecule has 0 saturated carbocycles. The summed E-state index contributed by atoms with van der Waals surface area (Å²) in [4.78, 5) is 27.0. The largest absolute Gasteiger partial charge is 0.492 e. The van der Waals surface area contributed by atoms with Crippen LogP contribution in [-0.4, -0.2) is 25.0 Å². The summed E-state index contributed by atoms with van der Waals surface area (Å²) in [6.07, 6.45) is 0. The van der Waals surface area contributed by atoms with Crippen LogP contribution in [0.5, 0.6) is 5.75 Å². The molecule has 0 aromatic heterocycles. The minimum Gasteiger partial charge on any atom is -0.492 e. The molecule has 2 aromatic carbocycles. The fourth-order valence-electron chi connectivity index (χ4n) is 3.29. The average molecular weight is 352 g/mol. The van der Waals surface area contributed by atoms with Crippen molar-refractivity contribution >= 4 is 23.2 Å². The van der Waals surface area contributed by atoms with Gasteiger partial charge in [0.1, 0.15) is 12.3 Å². The molecule has 1 heterocycles. The van der Waals surface area contributed by atoms with Crippen LogP contribution >= 0.6 is 0 Å². The Bertz CT molecular complexity index is 858. The third kappa shape index (κ3) is 3.17. The topological polar surface area (TPSA) is 58.6 Å². The predicted octanol–water partition coefficient (Wildman–Crippen LogP) is 3.66. The SMILES string of the molecule is CCOc1ccccc1NC(=O)CN1C(=O)C(C)(C)c2cc(C)ccc21. The van der Waals surface area contributed by atoms with E-state index in [9.17, 15) is 9.59 Å². The number of nitrogens with zero attached hydrogens (tertiary/aromatic N) is 1. The molecule has 1 aliphatic heterocycles. The van der Waals surface area contributed by atoms with Gasteiger partial charge in [-0.25, -0.2) is 0 Å². The van der Waals surface area contributed by atoms with Crippen LogP contribution in [-0.2, 0) is 15.0 Å². The van der Waals surface area contributed by atoms with E-state index in [1.54, 1.807) is 17.0 Å². The van der Waals surface area contributed by atoms with Crippen molar-refractivity contribution in [1.29, 1.82) is 0 Å². The van der Waals surface area contributed by atoms with Gasteiger partial charge in [0.05, 0.1) is 17.7 Å². The van der Waals surface area contributed by atoms with Crippen LogP contribution in [0.25, 0.3) is 0 Å². The first-order valence-corrected chi connectivity index (χ1v) is 8.79. The van der Waals surface area contributed by atoms with Crippen LogP contribution < -0.4 is 15.0 Å². The Kier molecular flexibility index (Phi) is 4.72. The van der Waals surface area contributed by atoms with Crippen molar-refractivity contribution in [3.63, 3.8) is 0 Å². The van der Waals surface area contributed by atoms with Gasteiger partial charge in [0, 0.05) is 5.69 Å². The van der Waals surface area contributed by atoms with Crippen molar-refractivity contribution in [3.8, 4) is 5.75 Å². The van der Waals surface area contributed by atoms with E-state index in [1.165, 1.54) is 0 Å².